The molecule has 11 heteroatoms. The zero-order chi connectivity index (χ0) is 29.5. The Morgan fingerprint density at radius 2 is 1.74 bits per heavy atom. The van der Waals surface area contributed by atoms with Gasteiger partial charge in [-0.1, -0.05) is 12.1 Å². The molecule has 11 nitrogen and oxygen atoms in total. The Labute approximate surface area is 243 Å². The molecule has 1 saturated heterocycles. The zero-order valence-corrected chi connectivity index (χ0v) is 24.3. The zero-order valence-electron chi connectivity index (χ0n) is 24.3. The van der Waals surface area contributed by atoms with E-state index in [-0.39, 0.29) is 11.8 Å². The summed E-state index contributed by atoms with van der Waals surface area (Å²) in [6, 6.07) is 13.2. The van der Waals surface area contributed by atoms with Gasteiger partial charge in [-0.15, -0.1) is 0 Å². The summed E-state index contributed by atoms with van der Waals surface area (Å²) in [5.74, 6) is 1.85. The number of aromatic nitrogens is 4. The van der Waals surface area contributed by atoms with E-state index in [9.17, 15) is 9.59 Å². The largest absolute Gasteiger partial charge is 0.496 e. The summed E-state index contributed by atoms with van der Waals surface area (Å²) in [6.07, 6.45) is 3.68. The van der Waals surface area contributed by atoms with Crippen molar-refractivity contribution in [2.75, 3.05) is 50.6 Å². The Kier molecular flexibility index (Phi) is 6.93. The SMILES string of the molecule is COc1cc(-c2nc(N3CCN(C(C)=O)CC3)n3ccnc(C)c23)ccc1NC(=O)c1cc2c(OC)cccc2n1C. The summed E-state index contributed by atoms with van der Waals surface area (Å²) >= 11 is 0. The summed E-state index contributed by atoms with van der Waals surface area (Å²) in [6.45, 7) is 6.24. The normalized spacial score (nSPS) is 13.5. The van der Waals surface area contributed by atoms with Crippen molar-refractivity contribution in [3.63, 3.8) is 0 Å². The van der Waals surface area contributed by atoms with E-state index in [1.54, 1.807) is 27.3 Å². The van der Waals surface area contributed by atoms with Crippen molar-refractivity contribution in [3.05, 3.63) is 66.2 Å². The highest BCUT2D eigenvalue weighted by molar-refractivity contribution is 6.08. The number of carbonyl (C=O) groups is 2. The topological polar surface area (TPSA) is 106 Å². The highest BCUT2D eigenvalue weighted by Crippen LogP contribution is 2.36. The number of fused-ring (bicyclic) bond motifs is 2. The lowest BCUT2D eigenvalue weighted by molar-refractivity contribution is -0.129. The van der Waals surface area contributed by atoms with Crippen molar-refractivity contribution in [1.82, 2.24) is 23.8 Å². The van der Waals surface area contributed by atoms with Crippen molar-refractivity contribution >= 4 is 39.9 Å². The summed E-state index contributed by atoms with van der Waals surface area (Å²) in [4.78, 5) is 38.9. The first kappa shape index (κ1) is 27.1. The molecule has 1 aliphatic heterocycles. The maximum atomic E-state index is 13.4. The molecule has 0 aliphatic carbocycles. The Morgan fingerprint density at radius 1 is 0.976 bits per heavy atom. The van der Waals surface area contributed by atoms with Gasteiger partial charge in [-0.3, -0.25) is 19.0 Å². The number of carbonyl (C=O) groups excluding carboxylic acids is 2. The van der Waals surface area contributed by atoms with Gasteiger partial charge >= 0.3 is 0 Å². The van der Waals surface area contributed by atoms with Crippen LogP contribution in [0.15, 0.2) is 54.9 Å². The molecule has 1 N–H and O–H groups in total. The molecule has 216 valence electrons. The molecule has 0 atom stereocenters. The van der Waals surface area contributed by atoms with Crippen LogP contribution in [0.2, 0.25) is 0 Å². The molecular formula is C31H33N7O4. The Bertz CT molecular complexity index is 1830. The number of rotatable bonds is 6. The quantitative estimate of drug-likeness (QED) is 0.329. The molecule has 2 aromatic carbocycles. The molecule has 0 bridgehead atoms. The fourth-order valence-electron chi connectivity index (χ4n) is 5.68. The lowest BCUT2D eigenvalue weighted by Gasteiger charge is -2.34. The van der Waals surface area contributed by atoms with E-state index in [4.69, 9.17) is 14.5 Å². The molecule has 42 heavy (non-hydrogen) atoms. The van der Waals surface area contributed by atoms with Gasteiger partial charge in [0.2, 0.25) is 11.9 Å². The number of anilines is 2. The second-order valence-corrected chi connectivity index (χ2v) is 10.3. The van der Waals surface area contributed by atoms with Crippen molar-refractivity contribution < 1.29 is 19.1 Å². The molecule has 2 amide bonds. The van der Waals surface area contributed by atoms with E-state index in [0.717, 1.165) is 39.3 Å². The second kappa shape index (κ2) is 10.7. The van der Waals surface area contributed by atoms with Gasteiger partial charge in [-0.2, -0.15) is 0 Å². The third kappa shape index (κ3) is 4.56. The number of ether oxygens (including phenoxy) is 2. The second-order valence-electron chi connectivity index (χ2n) is 10.3. The van der Waals surface area contributed by atoms with Crippen molar-refractivity contribution in [3.8, 4) is 22.8 Å². The van der Waals surface area contributed by atoms with Crippen LogP contribution >= 0.6 is 0 Å². The molecule has 4 heterocycles. The lowest BCUT2D eigenvalue weighted by atomic mass is 10.1. The van der Waals surface area contributed by atoms with Crippen LogP contribution in [0, 0.1) is 6.92 Å². The van der Waals surface area contributed by atoms with E-state index >= 15 is 0 Å². The molecule has 3 aromatic heterocycles. The predicted octanol–water partition coefficient (Wildman–Crippen LogP) is 4.13. The number of aryl methyl sites for hydroxylation is 2. The molecule has 1 fully saturated rings. The van der Waals surface area contributed by atoms with Gasteiger partial charge in [-0.05, 0) is 37.3 Å². The van der Waals surface area contributed by atoms with Gasteiger partial charge in [0.15, 0.2) is 0 Å². The van der Waals surface area contributed by atoms with E-state index in [2.05, 4.69) is 19.6 Å². The first-order chi connectivity index (χ1) is 20.3. The van der Waals surface area contributed by atoms with Gasteiger partial charge in [0.05, 0.1) is 36.6 Å². The van der Waals surface area contributed by atoms with Crippen LogP contribution in [0.1, 0.15) is 23.1 Å². The number of methoxy groups -OCH3 is 2. The smallest absolute Gasteiger partial charge is 0.272 e. The van der Waals surface area contributed by atoms with Crippen molar-refractivity contribution in [1.29, 1.82) is 0 Å². The first-order valence-corrected chi connectivity index (χ1v) is 13.8. The average Bonchev–Trinajstić information content (AvgIpc) is 3.56. The lowest BCUT2D eigenvalue weighted by Crippen LogP contribution is -2.48. The van der Waals surface area contributed by atoms with Crippen LogP contribution < -0.4 is 19.7 Å². The fourth-order valence-corrected chi connectivity index (χ4v) is 5.68. The minimum absolute atomic E-state index is 0.0859. The van der Waals surface area contributed by atoms with Crippen LogP contribution in [-0.2, 0) is 11.8 Å². The van der Waals surface area contributed by atoms with E-state index in [0.29, 0.717) is 49.1 Å². The summed E-state index contributed by atoms with van der Waals surface area (Å²) in [5, 5.41) is 3.88. The van der Waals surface area contributed by atoms with Crippen LogP contribution in [0.5, 0.6) is 11.5 Å². The Balaban J connectivity index is 1.33. The Morgan fingerprint density at radius 3 is 2.45 bits per heavy atom. The Hall–Kier alpha value is -5.06. The molecule has 6 rings (SSSR count). The number of nitrogens with one attached hydrogen (secondary N) is 1. The molecule has 0 unspecified atom stereocenters. The number of hydrogen-bond acceptors (Lipinski definition) is 7. The van der Waals surface area contributed by atoms with Crippen LogP contribution in [-0.4, -0.2) is 76.0 Å². The fraction of sp³-hybridized carbons (Fsp3) is 0.290. The molecule has 0 radical (unpaired) electrons. The molecule has 1 aliphatic rings. The van der Waals surface area contributed by atoms with Crippen molar-refractivity contribution in [2.24, 2.45) is 7.05 Å². The van der Waals surface area contributed by atoms with Gasteiger partial charge in [-0.25, -0.2) is 4.98 Å². The summed E-state index contributed by atoms with van der Waals surface area (Å²) < 4.78 is 15.1. The maximum absolute atomic E-state index is 13.4. The van der Waals surface area contributed by atoms with E-state index in [1.165, 1.54) is 0 Å². The van der Waals surface area contributed by atoms with E-state index in [1.807, 2.05) is 72.1 Å². The number of amides is 2. The third-order valence-electron chi connectivity index (χ3n) is 7.95. The number of hydrogen-bond donors (Lipinski definition) is 1. The molecule has 0 spiro atoms. The predicted molar refractivity (Wildman–Crippen MR) is 162 cm³/mol. The number of piperazine rings is 1. The molecular weight excluding hydrogens is 534 g/mol. The third-order valence-corrected chi connectivity index (χ3v) is 7.95. The number of benzene rings is 2. The van der Waals surface area contributed by atoms with Gasteiger partial charge in [0.1, 0.15) is 22.9 Å². The first-order valence-electron chi connectivity index (χ1n) is 13.8. The maximum Gasteiger partial charge on any atom is 0.272 e. The van der Waals surface area contributed by atoms with Crippen LogP contribution in [0.3, 0.4) is 0 Å². The minimum Gasteiger partial charge on any atom is -0.496 e. The van der Waals surface area contributed by atoms with Gasteiger partial charge in [0, 0.05) is 63.5 Å². The molecule has 0 saturated carbocycles. The van der Waals surface area contributed by atoms with Crippen molar-refractivity contribution in [2.45, 2.75) is 13.8 Å². The highest BCUT2D eigenvalue weighted by Gasteiger charge is 2.25. The monoisotopic (exact) mass is 567 g/mol. The van der Waals surface area contributed by atoms with Gasteiger partial charge in [0.25, 0.3) is 5.91 Å². The molecule has 5 aromatic rings. The average molecular weight is 568 g/mol. The number of imidazole rings is 1. The van der Waals surface area contributed by atoms with Gasteiger partial charge < -0.3 is 29.2 Å². The van der Waals surface area contributed by atoms with Crippen LogP contribution in [0.4, 0.5) is 11.6 Å². The van der Waals surface area contributed by atoms with Crippen LogP contribution in [0.25, 0.3) is 27.7 Å². The minimum atomic E-state index is -0.263. The van der Waals surface area contributed by atoms with E-state index < -0.39 is 0 Å². The number of nitrogens with zero attached hydrogens (tertiary/aromatic N) is 6. The summed E-state index contributed by atoms with van der Waals surface area (Å²) in [5.41, 5.74) is 5.28. The summed E-state index contributed by atoms with van der Waals surface area (Å²) in [7, 11) is 5.05. The highest BCUT2D eigenvalue weighted by atomic mass is 16.5. The standard InChI is InChI=1S/C31H33N7O4/c1-19-29-28(34-31(38(29)12-11-32-19)37-15-13-36(14-16-37)20(2)39)21-9-10-23(27(17-21)42-5)33-30(40)25-18-22-24(35(25)3)7-6-8-26(22)41-4/h6-12,17-18H,13-16H2,1-5H3,(H,33,40).